The van der Waals surface area contributed by atoms with E-state index in [-0.39, 0.29) is 42.3 Å². The fourth-order valence-electron chi connectivity index (χ4n) is 3.92. The second-order valence-corrected chi connectivity index (χ2v) is 7.25. The van der Waals surface area contributed by atoms with E-state index in [1.165, 1.54) is 18.9 Å². The van der Waals surface area contributed by atoms with Gasteiger partial charge in [0.15, 0.2) is 0 Å². The monoisotopic (exact) mass is 455 g/mol. The number of benzene rings is 1. The highest BCUT2D eigenvalue weighted by atomic mass is 79.9. The Labute approximate surface area is 168 Å². The van der Waals surface area contributed by atoms with Gasteiger partial charge in [0.1, 0.15) is 5.75 Å². The molecular formula is C16H24BrCl2N3O3. The van der Waals surface area contributed by atoms with Crippen LogP contribution >= 0.6 is 40.7 Å². The molecule has 3 rings (SSSR count). The van der Waals surface area contributed by atoms with Crippen LogP contribution in [0.25, 0.3) is 0 Å². The lowest BCUT2D eigenvalue weighted by Gasteiger charge is -2.38. The Morgan fingerprint density at radius 2 is 1.84 bits per heavy atom. The maximum absolute atomic E-state index is 11.2. The van der Waals surface area contributed by atoms with Crippen molar-refractivity contribution in [2.45, 2.75) is 31.7 Å². The number of halogens is 3. The van der Waals surface area contributed by atoms with Crippen molar-refractivity contribution in [2.24, 2.45) is 5.92 Å². The Hall–Kier alpha value is -0.600. The van der Waals surface area contributed by atoms with Gasteiger partial charge < -0.3 is 10.4 Å². The van der Waals surface area contributed by atoms with Crippen LogP contribution in [0.5, 0.6) is 5.75 Å². The third-order valence-electron chi connectivity index (χ3n) is 5.00. The number of nitrogens with one attached hydrogen (secondary N) is 1. The topological polar surface area (TPSA) is 78.6 Å². The SMILES string of the molecule is Cl.Cl.O=[N+]([O-])c1cc(Br)c(O)c([C@@H](C2CCCC2)N2CCNCC2)c1. The largest absolute Gasteiger partial charge is 0.506 e. The molecule has 1 aromatic carbocycles. The Balaban J connectivity index is 0.00000156. The maximum atomic E-state index is 11.2. The van der Waals surface area contributed by atoms with Gasteiger partial charge in [0, 0.05) is 49.9 Å². The van der Waals surface area contributed by atoms with Crippen molar-refractivity contribution >= 4 is 46.4 Å². The van der Waals surface area contributed by atoms with Gasteiger partial charge in [-0.1, -0.05) is 12.8 Å². The van der Waals surface area contributed by atoms with Crippen LogP contribution in [0, 0.1) is 16.0 Å². The van der Waals surface area contributed by atoms with Crippen LogP contribution in [-0.4, -0.2) is 41.1 Å². The predicted octanol–water partition coefficient (Wildman–Crippen LogP) is 4.04. The van der Waals surface area contributed by atoms with Gasteiger partial charge in [0.05, 0.1) is 9.40 Å². The number of nitrogens with zero attached hydrogens (tertiary/aromatic N) is 2. The van der Waals surface area contributed by atoms with Gasteiger partial charge in [-0.05, 0) is 34.7 Å². The van der Waals surface area contributed by atoms with Crippen LogP contribution in [0.15, 0.2) is 16.6 Å². The Morgan fingerprint density at radius 1 is 1.24 bits per heavy atom. The van der Waals surface area contributed by atoms with E-state index in [0.717, 1.165) is 39.0 Å². The highest BCUT2D eigenvalue weighted by Gasteiger charge is 2.35. The molecule has 0 aromatic heterocycles. The minimum absolute atomic E-state index is 0. The second-order valence-electron chi connectivity index (χ2n) is 6.40. The van der Waals surface area contributed by atoms with Crippen LogP contribution < -0.4 is 5.32 Å². The van der Waals surface area contributed by atoms with E-state index in [1.807, 2.05) is 0 Å². The molecule has 1 heterocycles. The summed E-state index contributed by atoms with van der Waals surface area (Å²) < 4.78 is 0.403. The Kier molecular flexibility index (Phi) is 8.91. The quantitative estimate of drug-likeness (QED) is 0.527. The molecule has 0 amide bonds. The molecule has 1 atom stereocenters. The van der Waals surface area contributed by atoms with Gasteiger partial charge >= 0.3 is 0 Å². The van der Waals surface area contributed by atoms with Crippen molar-refractivity contribution < 1.29 is 10.0 Å². The number of piperazine rings is 1. The first-order valence-electron chi connectivity index (χ1n) is 8.19. The van der Waals surface area contributed by atoms with Crippen LogP contribution in [0.2, 0.25) is 0 Å². The standard InChI is InChI=1S/C16H22BrN3O3.2ClH/c17-14-10-12(20(22)23)9-13(16(14)21)15(11-3-1-2-4-11)19-7-5-18-6-8-19;;/h9-11,15,18,21H,1-8H2;2*1H/t15-;;/m1../s1. The molecule has 1 saturated carbocycles. The number of hydrogen-bond donors (Lipinski definition) is 2. The molecule has 1 aromatic rings. The summed E-state index contributed by atoms with van der Waals surface area (Å²) in [6.07, 6.45) is 4.64. The molecule has 2 aliphatic rings. The third kappa shape index (κ3) is 4.98. The number of nitro groups is 1. The number of non-ortho nitro benzene ring substituents is 1. The zero-order chi connectivity index (χ0) is 16.4. The zero-order valence-corrected chi connectivity index (χ0v) is 17.0. The molecule has 0 spiro atoms. The Morgan fingerprint density at radius 3 is 2.40 bits per heavy atom. The van der Waals surface area contributed by atoms with Crippen molar-refractivity contribution in [3.63, 3.8) is 0 Å². The normalized spacial score (nSPS) is 19.7. The van der Waals surface area contributed by atoms with E-state index in [1.54, 1.807) is 6.07 Å². The smallest absolute Gasteiger partial charge is 0.271 e. The van der Waals surface area contributed by atoms with Gasteiger partial charge in [-0.2, -0.15) is 0 Å². The summed E-state index contributed by atoms with van der Waals surface area (Å²) in [4.78, 5) is 13.2. The van der Waals surface area contributed by atoms with Crippen molar-refractivity contribution in [1.82, 2.24) is 10.2 Å². The summed E-state index contributed by atoms with van der Waals surface area (Å²) in [7, 11) is 0. The minimum Gasteiger partial charge on any atom is -0.506 e. The number of nitro benzene ring substituents is 1. The van der Waals surface area contributed by atoms with E-state index < -0.39 is 4.92 Å². The van der Waals surface area contributed by atoms with Crippen LogP contribution in [0.4, 0.5) is 5.69 Å². The van der Waals surface area contributed by atoms with Crippen molar-refractivity contribution in [3.8, 4) is 5.75 Å². The summed E-state index contributed by atoms with van der Waals surface area (Å²) in [6, 6.07) is 2.99. The molecule has 25 heavy (non-hydrogen) atoms. The van der Waals surface area contributed by atoms with Crippen LogP contribution in [-0.2, 0) is 0 Å². The third-order valence-corrected chi connectivity index (χ3v) is 5.60. The molecule has 1 aliphatic carbocycles. The van der Waals surface area contributed by atoms with Crippen molar-refractivity contribution in [1.29, 1.82) is 0 Å². The highest BCUT2D eigenvalue weighted by Crippen LogP contribution is 2.45. The van der Waals surface area contributed by atoms with E-state index in [4.69, 9.17) is 0 Å². The van der Waals surface area contributed by atoms with Gasteiger partial charge in [-0.15, -0.1) is 24.8 Å². The summed E-state index contributed by atoms with van der Waals surface area (Å²) in [5.41, 5.74) is 0.725. The fourth-order valence-corrected chi connectivity index (χ4v) is 4.38. The average Bonchev–Trinajstić information content (AvgIpc) is 3.06. The summed E-state index contributed by atoms with van der Waals surface area (Å²) >= 11 is 3.28. The lowest BCUT2D eigenvalue weighted by Crippen LogP contribution is -2.46. The molecule has 9 heteroatoms. The van der Waals surface area contributed by atoms with E-state index >= 15 is 0 Å². The maximum Gasteiger partial charge on any atom is 0.271 e. The molecule has 2 fully saturated rings. The lowest BCUT2D eigenvalue weighted by molar-refractivity contribution is -0.385. The number of hydrogen-bond acceptors (Lipinski definition) is 5. The summed E-state index contributed by atoms with van der Waals surface area (Å²) in [6.45, 7) is 3.64. The molecule has 0 unspecified atom stereocenters. The molecule has 2 N–H and O–H groups in total. The molecular weight excluding hydrogens is 433 g/mol. The Bertz CT molecular complexity index is 594. The molecule has 142 valence electrons. The molecule has 6 nitrogen and oxygen atoms in total. The molecule has 0 radical (unpaired) electrons. The highest BCUT2D eigenvalue weighted by molar-refractivity contribution is 9.10. The number of phenolic OH excluding ortho intramolecular Hbond substituents is 1. The first-order chi connectivity index (χ1) is 11.1. The molecule has 1 aliphatic heterocycles. The van der Waals surface area contributed by atoms with Gasteiger partial charge in [-0.3, -0.25) is 15.0 Å². The number of phenols is 1. The molecule has 0 bridgehead atoms. The predicted molar refractivity (Wildman–Crippen MR) is 106 cm³/mol. The fraction of sp³-hybridized carbons (Fsp3) is 0.625. The van der Waals surface area contributed by atoms with Crippen molar-refractivity contribution in [3.05, 3.63) is 32.3 Å². The number of aromatic hydroxyl groups is 1. The first-order valence-corrected chi connectivity index (χ1v) is 8.99. The van der Waals surface area contributed by atoms with Crippen LogP contribution in [0.3, 0.4) is 0 Å². The summed E-state index contributed by atoms with van der Waals surface area (Å²) in [5.74, 6) is 0.596. The van der Waals surface area contributed by atoms with Crippen molar-refractivity contribution in [2.75, 3.05) is 26.2 Å². The van der Waals surface area contributed by atoms with Gasteiger partial charge in [0.2, 0.25) is 0 Å². The van der Waals surface area contributed by atoms with Gasteiger partial charge in [-0.25, -0.2) is 0 Å². The van der Waals surface area contributed by atoms with E-state index in [0.29, 0.717) is 16.0 Å². The van der Waals surface area contributed by atoms with Crippen LogP contribution in [0.1, 0.15) is 37.3 Å². The lowest BCUT2D eigenvalue weighted by atomic mass is 9.89. The summed E-state index contributed by atoms with van der Waals surface area (Å²) in [5, 5.41) is 25.1. The number of rotatable bonds is 4. The van der Waals surface area contributed by atoms with E-state index in [9.17, 15) is 15.2 Å². The first kappa shape index (κ1) is 22.4. The molecule has 1 saturated heterocycles. The minimum atomic E-state index is -0.392. The van der Waals surface area contributed by atoms with E-state index in [2.05, 4.69) is 26.1 Å². The second kappa shape index (κ2) is 9.92. The van der Waals surface area contributed by atoms with Gasteiger partial charge in [0.25, 0.3) is 5.69 Å². The zero-order valence-electron chi connectivity index (χ0n) is 13.8. The average molecular weight is 457 g/mol.